The van der Waals surface area contributed by atoms with E-state index in [1.165, 1.54) is 17.7 Å². The van der Waals surface area contributed by atoms with Gasteiger partial charge in [-0.2, -0.15) is 5.10 Å². The van der Waals surface area contributed by atoms with Crippen molar-refractivity contribution in [3.05, 3.63) is 65.5 Å². The maximum absolute atomic E-state index is 11.6. The molecular formula is C21H23N5O2S2. The molecule has 7 nitrogen and oxygen atoms in total. The standard InChI is InChI=1S/C21H23N5O2S2/c1-4-25-20-10-9-18(30(22,27)28)12-19(20)23-21(25)29-13-16-5-7-17(8-6-16)26-15(3)11-14(2)24-26/h5-12H,4,13H2,1-3H3,(H2,22,27,28). The molecule has 156 valence electrons. The summed E-state index contributed by atoms with van der Waals surface area (Å²) in [7, 11) is -3.75. The Bertz CT molecular complexity index is 1320. The molecule has 4 aromatic rings. The van der Waals surface area contributed by atoms with Crippen LogP contribution >= 0.6 is 11.8 Å². The van der Waals surface area contributed by atoms with Gasteiger partial charge in [0.25, 0.3) is 0 Å². The Kier molecular flexibility index (Phi) is 5.44. The second-order valence-corrected chi connectivity index (χ2v) is 9.63. The number of rotatable bonds is 6. The molecule has 0 saturated heterocycles. The van der Waals surface area contributed by atoms with Gasteiger partial charge >= 0.3 is 0 Å². The predicted molar refractivity (Wildman–Crippen MR) is 119 cm³/mol. The van der Waals surface area contributed by atoms with Crippen LogP contribution in [0.3, 0.4) is 0 Å². The number of hydrogen-bond donors (Lipinski definition) is 1. The average molecular weight is 442 g/mol. The van der Waals surface area contributed by atoms with Crippen LogP contribution in [0.5, 0.6) is 0 Å². The number of imidazole rings is 1. The fourth-order valence-corrected chi connectivity index (χ4v) is 5.02. The van der Waals surface area contributed by atoms with Crippen molar-refractivity contribution in [3.63, 3.8) is 0 Å². The first kappa shape index (κ1) is 20.6. The summed E-state index contributed by atoms with van der Waals surface area (Å²) >= 11 is 1.62. The highest BCUT2D eigenvalue weighted by Crippen LogP contribution is 2.28. The highest BCUT2D eigenvalue weighted by molar-refractivity contribution is 7.98. The molecule has 0 fully saturated rings. The summed E-state index contributed by atoms with van der Waals surface area (Å²) in [5.41, 5.74) is 5.83. The summed E-state index contributed by atoms with van der Waals surface area (Å²) in [5.74, 6) is 0.753. The van der Waals surface area contributed by atoms with Crippen LogP contribution in [0.4, 0.5) is 0 Å². The largest absolute Gasteiger partial charge is 0.319 e. The lowest BCUT2D eigenvalue weighted by atomic mass is 10.2. The molecule has 0 atom stereocenters. The molecule has 9 heteroatoms. The topological polar surface area (TPSA) is 95.8 Å². The van der Waals surface area contributed by atoms with Gasteiger partial charge in [-0.05, 0) is 62.7 Å². The van der Waals surface area contributed by atoms with Gasteiger partial charge in [0, 0.05) is 18.0 Å². The number of hydrogen-bond acceptors (Lipinski definition) is 5. The quantitative estimate of drug-likeness (QED) is 0.459. The first-order valence-electron chi connectivity index (χ1n) is 9.54. The number of fused-ring (bicyclic) bond motifs is 1. The number of primary sulfonamides is 1. The maximum Gasteiger partial charge on any atom is 0.238 e. The van der Waals surface area contributed by atoms with Crippen molar-refractivity contribution in [2.45, 2.75) is 43.1 Å². The van der Waals surface area contributed by atoms with Crippen LogP contribution < -0.4 is 5.14 Å². The van der Waals surface area contributed by atoms with Crippen molar-refractivity contribution < 1.29 is 8.42 Å². The van der Waals surface area contributed by atoms with E-state index in [9.17, 15) is 8.42 Å². The fourth-order valence-electron chi connectivity index (χ4n) is 3.45. The summed E-state index contributed by atoms with van der Waals surface area (Å²) in [6.07, 6.45) is 0. The van der Waals surface area contributed by atoms with Crippen molar-refractivity contribution in [2.75, 3.05) is 0 Å². The molecule has 2 N–H and O–H groups in total. The van der Waals surface area contributed by atoms with Crippen molar-refractivity contribution >= 4 is 32.8 Å². The number of sulfonamides is 1. The molecule has 2 aromatic heterocycles. The summed E-state index contributed by atoms with van der Waals surface area (Å²) in [6, 6.07) is 15.2. The van der Waals surface area contributed by atoms with E-state index in [1.807, 2.05) is 25.5 Å². The molecule has 30 heavy (non-hydrogen) atoms. The molecule has 0 aliphatic carbocycles. The minimum atomic E-state index is -3.75. The molecular weight excluding hydrogens is 418 g/mol. The first-order chi connectivity index (χ1) is 14.3. The molecule has 2 heterocycles. The number of nitrogens with zero attached hydrogens (tertiary/aromatic N) is 4. The van der Waals surface area contributed by atoms with E-state index in [-0.39, 0.29) is 4.90 Å². The van der Waals surface area contributed by atoms with Crippen LogP contribution in [0.25, 0.3) is 16.7 Å². The summed E-state index contributed by atoms with van der Waals surface area (Å²) in [5, 5.41) is 10.6. The van der Waals surface area contributed by atoms with Gasteiger partial charge in [-0.3, -0.25) is 0 Å². The number of nitrogens with two attached hydrogens (primary N) is 1. The zero-order valence-corrected chi connectivity index (χ0v) is 18.7. The van der Waals surface area contributed by atoms with E-state index < -0.39 is 10.0 Å². The van der Waals surface area contributed by atoms with Crippen LogP contribution in [-0.2, 0) is 22.3 Å². The van der Waals surface area contributed by atoms with E-state index in [0.29, 0.717) is 5.52 Å². The zero-order chi connectivity index (χ0) is 21.5. The lowest BCUT2D eigenvalue weighted by molar-refractivity contribution is 0.598. The van der Waals surface area contributed by atoms with Gasteiger partial charge in [0.15, 0.2) is 5.16 Å². The number of aromatic nitrogens is 4. The molecule has 0 radical (unpaired) electrons. The van der Waals surface area contributed by atoms with Gasteiger partial charge in [-0.25, -0.2) is 23.2 Å². The Morgan fingerprint density at radius 1 is 1.07 bits per heavy atom. The third kappa shape index (κ3) is 4.00. The highest BCUT2D eigenvalue weighted by atomic mass is 32.2. The molecule has 0 unspecified atom stereocenters. The molecule has 0 aliphatic rings. The predicted octanol–water partition coefficient (Wildman–Crippen LogP) is 3.80. The van der Waals surface area contributed by atoms with Crippen LogP contribution in [0.15, 0.2) is 58.6 Å². The Labute approximate surface area is 180 Å². The summed E-state index contributed by atoms with van der Waals surface area (Å²) in [6.45, 7) is 6.81. The normalized spacial score (nSPS) is 12.0. The number of benzene rings is 2. The lowest BCUT2D eigenvalue weighted by Gasteiger charge is -2.08. The van der Waals surface area contributed by atoms with Crippen molar-refractivity contribution in [3.8, 4) is 5.69 Å². The SMILES string of the molecule is CCn1c(SCc2ccc(-n3nc(C)cc3C)cc2)nc2cc(S(N)(=O)=O)ccc21. The second-order valence-electron chi connectivity index (χ2n) is 7.13. The Hall–Kier alpha value is -2.62. The van der Waals surface area contributed by atoms with E-state index in [0.717, 1.165) is 40.0 Å². The minimum Gasteiger partial charge on any atom is -0.319 e. The van der Waals surface area contributed by atoms with Gasteiger partial charge in [-0.1, -0.05) is 23.9 Å². The Morgan fingerprint density at radius 2 is 1.80 bits per heavy atom. The van der Waals surface area contributed by atoms with Gasteiger partial charge in [0.2, 0.25) is 10.0 Å². The first-order valence-corrected chi connectivity index (χ1v) is 12.1. The summed E-state index contributed by atoms with van der Waals surface area (Å²) < 4.78 is 27.3. The molecule has 0 aliphatic heterocycles. The number of thioether (sulfide) groups is 1. The zero-order valence-electron chi connectivity index (χ0n) is 17.0. The van der Waals surface area contributed by atoms with Crippen LogP contribution in [0.2, 0.25) is 0 Å². The third-order valence-corrected chi connectivity index (χ3v) is 6.85. The van der Waals surface area contributed by atoms with Crippen molar-refractivity contribution in [1.29, 1.82) is 0 Å². The minimum absolute atomic E-state index is 0.0760. The maximum atomic E-state index is 11.6. The van der Waals surface area contributed by atoms with Gasteiger partial charge in [0.1, 0.15) is 0 Å². The molecule has 2 aromatic carbocycles. The second kappa shape index (κ2) is 7.90. The van der Waals surface area contributed by atoms with Gasteiger partial charge in [0.05, 0.1) is 27.3 Å². The van der Waals surface area contributed by atoms with Crippen LogP contribution in [0.1, 0.15) is 23.9 Å². The van der Waals surface area contributed by atoms with Crippen molar-refractivity contribution in [2.24, 2.45) is 5.14 Å². The molecule has 0 saturated carbocycles. The fraction of sp³-hybridized carbons (Fsp3) is 0.238. The molecule has 0 spiro atoms. The molecule has 4 rings (SSSR count). The van der Waals surface area contributed by atoms with E-state index in [4.69, 9.17) is 5.14 Å². The number of aryl methyl sites for hydroxylation is 3. The van der Waals surface area contributed by atoms with E-state index in [1.54, 1.807) is 17.8 Å². The van der Waals surface area contributed by atoms with E-state index >= 15 is 0 Å². The van der Waals surface area contributed by atoms with Crippen LogP contribution in [0, 0.1) is 13.8 Å². The van der Waals surface area contributed by atoms with Crippen LogP contribution in [-0.4, -0.2) is 27.7 Å². The highest BCUT2D eigenvalue weighted by Gasteiger charge is 2.14. The Morgan fingerprint density at radius 3 is 2.40 bits per heavy atom. The average Bonchev–Trinajstić information content (AvgIpc) is 3.23. The monoisotopic (exact) mass is 441 g/mol. The smallest absolute Gasteiger partial charge is 0.238 e. The van der Waals surface area contributed by atoms with E-state index in [2.05, 4.69) is 45.0 Å². The molecule has 0 bridgehead atoms. The molecule has 0 amide bonds. The third-order valence-electron chi connectivity index (χ3n) is 4.89. The lowest BCUT2D eigenvalue weighted by Crippen LogP contribution is -2.11. The Balaban J connectivity index is 1.56. The van der Waals surface area contributed by atoms with Crippen molar-refractivity contribution in [1.82, 2.24) is 19.3 Å². The van der Waals surface area contributed by atoms with Gasteiger partial charge in [-0.15, -0.1) is 0 Å². The summed E-state index contributed by atoms with van der Waals surface area (Å²) in [4.78, 5) is 4.72. The van der Waals surface area contributed by atoms with Gasteiger partial charge < -0.3 is 4.57 Å².